The average molecular weight is 427 g/mol. The minimum absolute atomic E-state index is 0.0539. The van der Waals surface area contributed by atoms with Crippen LogP contribution in [0.1, 0.15) is 59.7 Å². The SMILES string of the molecule is CSc1ncc(C(=O)N2CCC(c3nc(C4CC4)n[nH]3)CC2)n1-c1ccc(F)cc1. The number of aromatic amines is 1. The molecule has 30 heavy (non-hydrogen) atoms. The highest BCUT2D eigenvalue weighted by Crippen LogP contribution is 2.38. The molecule has 3 heterocycles. The predicted molar refractivity (Wildman–Crippen MR) is 112 cm³/mol. The number of carbonyl (C=O) groups is 1. The van der Waals surface area contributed by atoms with Crippen molar-refractivity contribution in [2.45, 2.75) is 42.7 Å². The Hall–Kier alpha value is -2.68. The first-order chi connectivity index (χ1) is 14.6. The molecule has 1 N–H and O–H groups in total. The van der Waals surface area contributed by atoms with Crippen molar-refractivity contribution < 1.29 is 9.18 Å². The maximum Gasteiger partial charge on any atom is 0.272 e. The number of hydrogen-bond acceptors (Lipinski definition) is 5. The van der Waals surface area contributed by atoms with Gasteiger partial charge in [-0.1, -0.05) is 11.8 Å². The van der Waals surface area contributed by atoms with Gasteiger partial charge in [0.15, 0.2) is 11.0 Å². The van der Waals surface area contributed by atoms with Crippen molar-refractivity contribution in [2.24, 2.45) is 0 Å². The number of thioether (sulfide) groups is 1. The van der Waals surface area contributed by atoms with Crippen LogP contribution in [0.15, 0.2) is 35.6 Å². The van der Waals surface area contributed by atoms with Crippen LogP contribution in [-0.2, 0) is 0 Å². The lowest BCUT2D eigenvalue weighted by atomic mass is 9.96. The summed E-state index contributed by atoms with van der Waals surface area (Å²) in [4.78, 5) is 24.2. The third-order valence-electron chi connectivity index (χ3n) is 5.85. The second-order valence-corrected chi connectivity index (χ2v) is 8.63. The number of nitrogens with zero attached hydrogens (tertiary/aromatic N) is 5. The van der Waals surface area contributed by atoms with E-state index in [9.17, 15) is 9.18 Å². The Morgan fingerprint density at radius 2 is 1.87 bits per heavy atom. The number of halogens is 1. The summed E-state index contributed by atoms with van der Waals surface area (Å²) in [6.07, 6.45) is 7.60. The Kier molecular flexibility index (Phi) is 5.06. The molecule has 1 aliphatic heterocycles. The molecule has 5 rings (SSSR count). The van der Waals surface area contributed by atoms with Crippen molar-refractivity contribution in [1.29, 1.82) is 0 Å². The number of benzene rings is 1. The van der Waals surface area contributed by atoms with E-state index in [1.807, 2.05) is 11.2 Å². The number of rotatable bonds is 5. The van der Waals surface area contributed by atoms with Gasteiger partial charge >= 0.3 is 0 Å². The number of aromatic nitrogens is 5. The zero-order chi connectivity index (χ0) is 20.7. The molecule has 9 heteroatoms. The van der Waals surface area contributed by atoms with Gasteiger partial charge in [0.2, 0.25) is 0 Å². The Labute approximate surface area is 178 Å². The van der Waals surface area contributed by atoms with Gasteiger partial charge in [0.1, 0.15) is 17.3 Å². The predicted octanol–water partition coefficient (Wildman–Crippen LogP) is 3.75. The smallest absolute Gasteiger partial charge is 0.272 e. The van der Waals surface area contributed by atoms with Gasteiger partial charge in [-0.25, -0.2) is 14.4 Å². The minimum Gasteiger partial charge on any atom is -0.337 e. The largest absolute Gasteiger partial charge is 0.337 e. The van der Waals surface area contributed by atoms with Gasteiger partial charge in [-0.05, 0) is 56.2 Å². The van der Waals surface area contributed by atoms with Crippen molar-refractivity contribution in [3.8, 4) is 5.69 Å². The van der Waals surface area contributed by atoms with Crippen LogP contribution >= 0.6 is 11.8 Å². The lowest BCUT2D eigenvalue weighted by Gasteiger charge is -2.31. The van der Waals surface area contributed by atoms with E-state index in [1.165, 1.54) is 36.7 Å². The molecule has 2 aromatic heterocycles. The fourth-order valence-corrected chi connectivity index (χ4v) is 4.53. The van der Waals surface area contributed by atoms with Gasteiger partial charge in [-0.15, -0.1) is 0 Å². The van der Waals surface area contributed by atoms with Crippen LogP contribution in [0.2, 0.25) is 0 Å². The Balaban J connectivity index is 1.32. The number of H-pyrrole nitrogens is 1. The first-order valence-electron chi connectivity index (χ1n) is 10.2. The third-order valence-corrected chi connectivity index (χ3v) is 6.50. The van der Waals surface area contributed by atoms with Crippen molar-refractivity contribution in [2.75, 3.05) is 19.3 Å². The fourth-order valence-electron chi connectivity index (χ4n) is 3.98. The monoisotopic (exact) mass is 426 g/mol. The summed E-state index contributed by atoms with van der Waals surface area (Å²) in [7, 11) is 0. The molecule has 0 spiro atoms. The maximum absolute atomic E-state index is 13.4. The molecular weight excluding hydrogens is 403 g/mol. The van der Waals surface area contributed by atoms with E-state index in [1.54, 1.807) is 22.9 Å². The molecule has 1 amide bonds. The quantitative estimate of drug-likeness (QED) is 0.629. The molecule has 0 bridgehead atoms. The van der Waals surface area contributed by atoms with E-state index in [2.05, 4.69) is 20.2 Å². The number of piperidine rings is 1. The van der Waals surface area contributed by atoms with Crippen LogP contribution in [-0.4, -0.2) is 54.9 Å². The van der Waals surface area contributed by atoms with Gasteiger partial charge in [0.25, 0.3) is 5.91 Å². The molecule has 0 atom stereocenters. The summed E-state index contributed by atoms with van der Waals surface area (Å²) in [5.41, 5.74) is 1.23. The van der Waals surface area contributed by atoms with Crippen molar-refractivity contribution in [1.82, 2.24) is 29.6 Å². The van der Waals surface area contributed by atoms with Crippen LogP contribution in [0.5, 0.6) is 0 Å². The van der Waals surface area contributed by atoms with E-state index in [4.69, 9.17) is 0 Å². The summed E-state index contributed by atoms with van der Waals surface area (Å²) in [6.45, 7) is 1.32. The number of amides is 1. The summed E-state index contributed by atoms with van der Waals surface area (Å²) >= 11 is 1.45. The van der Waals surface area contributed by atoms with E-state index >= 15 is 0 Å². The molecule has 0 radical (unpaired) electrons. The van der Waals surface area contributed by atoms with Gasteiger partial charge in [-0.3, -0.25) is 14.5 Å². The first-order valence-corrected chi connectivity index (χ1v) is 11.5. The lowest BCUT2D eigenvalue weighted by Crippen LogP contribution is -2.39. The van der Waals surface area contributed by atoms with Crippen molar-refractivity contribution in [3.05, 3.63) is 53.6 Å². The second-order valence-electron chi connectivity index (χ2n) is 7.86. The number of nitrogens with one attached hydrogen (secondary N) is 1. The van der Waals surface area contributed by atoms with Gasteiger partial charge in [-0.2, -0.15) is 5.10 Å². The van der Waals surface area contributed by atoms with Gasteiger partial charge in [0.05, 0.1) is 6.20 Å². The highest BCUT2D eigenvalue weighted by Gasteiger charge is 2.31. The lowest BCUT2D eigenvalue weighted by molar-refractivity contribution is 0.0702. The Bertz CT molecular complexity index is 1050. The molecule has 0 unspecified atom stereocenters. The van der Waals surface area contributed by atoms with Gasteiger partial charge < -0.3 is 4.90 Å². The van der Waals surface area contributed by atoms with Crippen LogP contribution < -0.4 is 0 Å². The third kappa shape index (κ3) is 3.62. The molecule has 2 aliphatic rings. The topological polar surface area (TPSA) is 79.7 Å². The normalized spacial score (nSPS) is 17.5. The molecule has 1 saturated heterocycles. The van der Waals surface area contributed by atoms with Gasteiger partial charge in [0, 0.05) is 30.6 Å². The van der Waals surface area contributed by atoms with Crippen molar-refractivity contribution >= 4 is 17.7 Å². The number of imidazole rings is 1. The molecule has 7 nitrogen and oxygen atoms in total. The average Bonchev–Trinajstić information content (AvgIpc) is 3.35. The summed E-state index contributed by atoms with van der Waals surface area (Å²) in [5, 5.41) is 8.17. The number of hydrogen-bond donors (Lipinski definition) is 1. The highest BCUT2D eigenvalue weighted by atomic mass is 32.2. The van der Waals surface area contributed by atoms with Crippen molar-refractivity contribution in [3.63, 3.8) is 0 Å². The standard InChI is InChI=1S/C21H23FN6OS/c1-30-21-23-12-17(28(21)16-6-4-15(22)5-7-16)20(29)27-10-8-14(9-11-27)19-24-18(25-26-19)13-2-3-13/h4-7,12-14H,2-3,8-11H2,1H3,(H,24,25,26). The van der Waals surface area contributed by atoms with E-state index < -0.39 is 0 Å². The van der Waals surface area contributed by atoms with Crippen LogP contribution in [0.3, 0.4) is 0 Å². The highest BCUT2D eigenvalue weighted by molar-refractivity contribution is 7.98. The van der Waals surface area contributed by atoms with E-state index in [-0.39, 0.29) is 11.7 Å². The fraction of sp³-hybridized carbons (Fsp3) is 0.429. The molecule has 1 saturated carbocycles. The van der Waals surface area contributed by atoms with Crippen LogP contribution in [0.4, 0.5) is 4.39 Å². The molecule has 156 valence electrons. The summed E-state index contributed by atoms with van der Waals surface area (Å²) < 4.78 is 15.2. The van der Waals surface area contributed by atoms with E-state index in [0.717, 1.165) is 30.2 Å². The molecule has 2 fully saturated rings. The second kappa shape index (κ2) is 7.86. The molecule has 1 aliphatic carbocycles. The number of likely N-dealkylation sites (tertiary alicyclic amines) is 1. The van der Waals surface area contributed by atoms with E-state index in [0.29, 0.717) is 35.8 Å². The first kappa shape index (κ1) is 19.3. The Morgan fingerprint density at radius 3 is 2.53 bits per heavy atom. The number of carbonyl (C=O) groups excluding carboxylic acids is 1. The molecule has 1 aromatic carbocycles. The zero-order valence-electron chi connectivity index (χ0n) is 16.7. The summed E-state index contributed by atoms with van der Waals surface area (Å²) in [5.74, 6) is 2.37. The minimum atomic E-state index is -0.309. The molecule has 3 aromatic rings. The van der Waals surface area contributed by atoms with Crippen LogP contribution in [0.25, 0.3) is 5.69 Å². The van der Waals surface area contributed by atoms with Crippen LogP contribution in [0, 0.1) is 5.82 Å². The molecular formula is C21H23FN6OS. The zero-order valence-corrected chi connectivity index (χ0v) is 17.5. The maximum atomic E-state index is 13.4. The Morgan fingerprint density at radius 1 is 1.13 bits per heavy atom. The summed E-state index contributed by atoms with van der Waals surface area (Å²) in [6, 6.07) is 6.13.